The van der Waals surface area contributed by atoms with Crippen LogP contribution in [0.1, 0.15) is 5.56 Å². The predicted molar refractivity (Wildman–Crippen MR) is 203 cm³/mol. The van der Waals surface area contributed by atoms with E-state index >= 15 is 0 Å². The second kappa shape index (κ2) is 12.7. The first kappa shape index (κ1) is 33.5. The number of rotatable bonds is 8. The van der Waals surface area contributed by atoms with Crippen LogP contribution < -0.4 is 23.6 Å². The van der Waals surface area contributed by atoms with Crippen LogP contribution in [0.25, 0.3) is 11.1 Å². The highest BCUT2D eigenvalue weighted by molar-refractivity contribution is 6.24. The largest absolute Gasteiger partial charge is 0.497 e. The monoisotopic (exact) mass is 717 g/mol. The maximum absolute atomic E-state index is 14.2. The number of carbonyl (C=O) groups is 4. The average Bonchev–Trinajstić information content (AvgIpc) is 3.60. The minimum absolute atomic E-state index is 0.248. The molecule has 3 fully saturated rings. The Bertz CT molecular complexity index is 2280. The molecule has 6 unspecified atom stereocenters. The molecule has 2 aliphatic heterocycles. The Morgan fingerprint density at radius 1 is 0.500 bits per heavy atom. The van der Waals surface area contributed by atoms with Crippen LogP contribution in [0, 0.1) is 42.4 Å². The maximum atomic E-state index is 14.2. The molecular formula is C45H37N2O7+. The van der Waals surface area contributed by atoms with Gasteiger partial charge in [0.1, 0.15) is 34.4 Å². The van der Waals surface area contributed by atoms with E-state index in [9.17, 15) is 19.2 Å². The molecule has 4 amide bonds. The molecular weight excluding hydrogens is 681 g/mol. The zero-order valence-electron chi connectivity index (χ0n) is 29.9. The van der Waals surface area contributed by atoms with E-state index in [1.807, 2.05) is 91.9 Å². The molecule has 5 aliphatic rings. The van der Waals surface area contributed by atoms with Crippen molar-refractivity contribution in [2.24, 2.45) is 35.5 Å². The van der Waals surface area contributed by atoms with Crippen molar-refractivity contribution in [2.75, 3.05) is 19.1 Å². The molecule has 5 aromatic carbocycles. The number of carbonyl (C=O) groups excluding carboxylic acids is 4. The van der Waals surface area contributed by atoms with Crippen LogP contribution >= 0.6 is 0 Å². The highest BCUT2D eigenvalue weighted by atomic mass is 16.5. The van der Waals surface area contributed by atoms with E-state index in [0.717, 1.165) is 22.6 Å². The van der Waals surface area contributed by atoms with Gasteiger partial charge in [-0.1, -0.05) is 54.1 Å². The molecule has 0 spiro atoms. The number of hydrogen-bond donors (Lipinski definition) is 0. The lowest BCUT2D eigenvalue weighted by Crippen LogP contribution is -2.51. The summed E-state index contributed by atoms with van der Waals surface area (Å²) in [7, 11) is 3.18. The molecule has 1 saturated carbocycles. The molecule has 5 aromatic rings. The van der Waals surface area contributed by atoms with Gasteiger partial charge in [-0.05, 0) is 90.8 Å². The van der Waals surface area contributed by atoms with Crippen molar-refractivity contribution in [3.05, 3.63) is 139 Å². The molecule has 2 bridgehead atoms. The third kappa shape index (κ3) is 5.18. The van der Waals surface area contributed by atoms with Gasteiger partial charge >= 0.3 is 11.8 Å². The molecule has 9 heteroatoms. The van der Waals surface area contributed by atoms with Gasteiger partial charge in [-0.3, -0.25) is 14.5 Å². The van der Waals surface area contributed by atoms with Gasteiger partial charge in [0, 0.05) is 24.0 Å². The molecule has 3 aliphatic carbocycles. The minimum Gasteiger partial charge on any atom is -0.497 e. The Morgan fingerprint density at radius 2 is 0.889 bits per heavy atom. The fraction of sp³-hybridized carbons (Fsp3) is 0.200. The Morgan fingerprint density at radius 3 is 1.31 bits per heavy atom. The number of imide groups is 2. The predicted octanol–water partition coefficient (Wildman–Crippen LogP) is 8.11. The van der Waals surface area contributed by atoms with E-state index in [2.05, 4.69) is 0 Å². The number of likely N-dealkylation sites (tertiary alicyclic amines) is 1. The van der Waals surface area contributed by atoms with Crippen molar-refractivity contribution in [3.63, 3.8) is 0 Å². The molecule has 0 radical (unpaired) electrons. The molecule has 2 saturated heterocycles. The van der Waals surface area contributed by atoms with Crippen LogP contribution in [-0.4, -0.2) is 37.8 Å². The van der Waals surface area contributed by atoms with E-state index < -0.39 is 40.0 Å². The van der Waals surface area contributed by atoms with Crippen LogP contribution in [0.3, 0.4) is 0 Å². The summed E-state index contributed by atoms with van der Waals surface area (Å²) in [5, 5.41) is 0. The number of allylic oxidation sites excluding steroid dienone is 2. The number of amides is 4. The van der Waals surface area contributed by atoms with Crippen molar-refractivity contribution >= 4 is 35.0 Å². The molecule has 54 heavy (non-hydrogen) atoms. The number of quaternary nitrogens is 1. The maximum Gasteiger partial charge on any atom is 0.330 e. The molecule has 0 N–H and O–H groups in total. The lowest BCUT2D eigenvalue weighted by molar-refractivity contribution is -0.137. The Labute approximate surface area is 312 Å². The number of nitrogens with zero attached hydrogens (tertiary/aromatic N) is 2. The van der Waals surface area contributed by atoms with Crippen LogP contribution in [0.4, 0.5) is 11.4 Å². The first-order chi connectivity index (χ1) is 26.1. The summed E-state index contributed by atoms with van der Waals surface area (Å²) in [4.78, 5) is 57.7. The van der Waals surface area contributed by atoms with Gasteiger partial charge < -0.3 is 14.2 Å². The van der Waals surface area contributed by atoms with Gasteiger partial charge in [-0.25, -0.2) is 9.59 Å². The first-order valence-corrected chi connectivity index (χ1v) is 18.0. The van der Waals surface area contributed by atoms with Crippen molar-refractivity contribution in [2.45, 2.75) is 6.92 Å². The first-order valence-electron chi connectivity index (χ1n) is 18.0. The standard InChI is InChI=1S/C45H37N2O7/c1-26-4-14-32(15-5-26)53-33-16-6-27(7-17-33)28-8-18-34(19-9-28)54-35-20-10-29(11-21-35)46-42(48)38-36-24-25-37(39(38)43(46)49)41-40(36)44(50)47(2,45(41)51)30-12-22-31(52-3)23-13-30/h4-25,36-41H,1-3H3/q+1. The SMILES string of the molecule is COc1ccc([N+]2(C)C(=O)C3C4C=CC(C5C(=O)N(c6ccc(Oc7ccc(-c8ccc(Oc9ccc(C)cc9)cc8)cc7)cc6)C(=O)C45)C3C2=O)cc1. The fourth-order valence-corrected chi connectivity index (χ4v) is 8.89. The zero-order chi connectivity index (χ0) is 37.3. The summed E-state index contributed by atoms with van der Waals surface area (Å²) in [6.45, 7) is 2.04. The molecule has 6 atom stereocenters. The summed E-state index contributed by atoms with van der Waals surface area (Å²) in [6, 6.07) is 37.3. The van der Waals surface area contributed by atoms with E-state index in [1.165, 1.54) is 10.5 Å². The van der Waals surface area contributed by atoms with Crippen LogP contribution in [0.2, 0.25) is 0 Å². The summed E-state index contributed by atoms with van der Waals surface area (Å²) in [5.41, 5.74) is 4.20. The van der Waals surface area contributed by atoms with Crippen LogP contribution in [-0.2, 0) is 19.2 Å². The topological polar surface area (TPSA) is 99.2 Å². The average molecular weight is 718 g/mol. The quantitative estimate of drug-likeness (QED) is 0.0909. The molecule has 268 valence electrons. The van der Waals surface area contributed by atoms with Crippen molar-refractivity contribution < 1.29 is 33.4 Å². The lowest BCUT2D eigenvalue weighted by Gasteiger charge is -2.42. The van der Waals surface area contributed by atoms with Gasteiger partial charge in [-0.2, -0.15) is 4.48 Å². The molecule has 0 aromatic heterocycles. The number of methoxy groups -OCH3 is 1. The van der Waals surface area contributed by atoms with Crippen LogP contribution in [0.15, 0.2) is 133 Å². The van der Waals surface area contributed by atoms with Crippen molar-refractivity contribution in [1.29, 1.82) is 0 Å². The summed E-state index contributed by atoms with van der Waals surface area (Å²) < 4.78 is 16.8. The smallest absolute Gasteiger partial charge is 0.330 e. The second-order valence-electron chi connectivity index (χ2n) is 14.6. The summed E-state index contributed by atoms with van der Waals surface area (Å²) in [6.07, 6.45) is 3.77. The number of ether oxygens (including phenoxy) is 3. The zero-order valence-corrected chi connectivity index (χ0v) is 29.9. The minimum atomic E-state index is -0.709. The van der Waals surface area contributed by atoms with Crippen molar-refractivity contribution in [3.8, 4) is 39.9 Å². The normalized spacial score (nSPS) is 26.5. The third-order valence-corrected chi connectivity index (χ3v) is 11.7. The van der Waals surface area contributed by atoms with Gasteiger partial charge in [0.2, 0.25) is 11.8 Å². The highest BCUT2D eigenvalue weighted by Gasteiger charge is 2.74. The van der Waals surface area contributed by atoms with Crippen LogP contribution in [0.5, 0.6) is 28.7 Å². The molecule has 2 heterocycles. The van der Waals surface area contributed by atoms with E-state index in [-0.39, 0.29) is 23.6 Å². The van der Waals surface area contributed by atoms with Gasteiger partial charge in [-0.15, -0.1) is 0 Å². The molecule has 10 rings (SSSR count). The Balaban J connectivity index is 0.882. The number of benzene rings is 5. The van der Waals surface area contributed by atoms with Crippen molar-refractivity contribution in [1.82, 2.24) is 4.48 Å². The van der Waals surface area contributed by atoms with E-state index in [0.29, 0.717) is 28.6 Å². The van der Waals surface area contributed by atoms with E-state index in [4.69, 9.17) is 14.2 Å². The number of aryl methyl sites for hydroxylation is 1. The third-order valence-electron chi connectivity index (χ3n) is 11.7. The number of anilines is 1. The summed E-state index contributed by atoms with van der Waals surface area (Å²) in [5.74, 6) is -1.71. The fourth-order valence-electron chi connectivity index (χ4n) is 8.89. The lowest BCUT2D eigenvalue weighted by atomic mass is 9.54. The second-order valence-corrected chi connectivity index (χ2v) is 14.6. The van der Waals surface area contributed by atoms with Gasteiger partial charge in [0.15, 0.2) is 0 Å². The van der Waals surface area contributed by atoms with E-state index in [1.54, 1.807) is 62.7 Å². The molecule has 9 nitrogen and oxygen atoms in total. The van der Waals surface area contributed by atoms with Gasteiger partial charge in [0.25, 0.3) is 0 Å². The Kier molecular flexibility index (Phi) is 7.86. The Hall–Kier alpha value is -6.32. The highest BCUT2D eigenvalue weighted by Crippen LogP contribution is 2.59. The van der Waals surface area contributed by atoms with Gasteiger partial charge in [0.05, 0.1) is 43.5 Å². The number of hydrogen-bond acceptors (Lipinski definition) is 7. The summed E-state index contributed by atoms with van der Waals surface area (Å²) >= 11 is 0.